The highest BCUT2D eigenvalue weighted by molar-refractivity contribution is 6.18. The first kappa shape index (κ1) is 36.0. The Morgan fingerprint density at radius 3 is 1.19 bits per heavy atom. The van der Waals surface area contributed by atoms with Crippen LogP contribution in [0.25, 0.3) is 90.4 Å². The fourth-order valence-electron chi connectivity index (χ4n) is 7.72. The Kier molecular flexibility index (Phi) is 9.39. The van der Waals surface area contributed by atoms with Gasteiger partial charge in [0.1, 0.15) is 23.0 Å². The maximum absolute atomic E-state index is 13.1. The van der Waals surface area contributed by atoms with Crippen LogP contribution in [0.1, 0.15) is 22.8 Å². The third-order valence-corrected chi connectivity index (χ3v) is 10.5. The number of carbonyl (C=O) groups is 1. The van der Waals surface area contributed by atoms with Crippen LogP contribution in [0.4, 0.5) is 0 Å². The van der Waals surface area contributed by atoms with Crippen molar-refractivity contribution < 1.29 is 23.7 Å². The molecule has 0 spiro atoms. The predicted molar refractivity (Wildman–Crippen MR) is 232 cm³/mol. The van der Waals surface area contributed by atoms with Gasteiger partial charge in [0, 0.05) is 49.9 Å². The number of benzene rings is 4. The van der Waals surface area contributed by atoms with Crippen LogP contribution >= 0.6 is 0 Å². The molecule has 2 aliphatic heterocycles. The summed E-state index contributed by atoms with van der Waals surface area (Å²) >= 11 is 0. The van der Waals surface area contributed by atoms with Gasteiger partial charge in [0.25, 0.3) is 0 Å². The SMILES string of the molecule is COc1cccc(-c2c3nc(c(-c4cccc(OC)c4)c4ccc([nH]4)c(-c4cccc(OC)c4)c4nc(c(-c5cccc(OC)c5)c5ccc2[nH]5)C=C4C=O)C=C3)c1. The molecule has 5 heterocycles. The Labute approximate surface area is 334 Å². The van der Waals surface area contributed by atoms with Crippen molar-refractivity contribution in [1.82, 2.24) is 19.9 Å². The number of hydrogen-bond donors (Lipinski definition) is 2. The van der Waals surface area contributed by atoms with Gasteiger partial charge in [0.05, 0.1) is 51.2 Å². The van der Waals surface area contributed by atoms with Crippen molar-refractivity contribution in [3.8, 4) is 67.5 Å². The standard InChI is InChI=1S/C49H38N4O5/c1-55-34-13-5-9-29(23-34)45-38-17-18-39(50-38)46(30-10-6-14-35(24-30)56-2)41-21-22-43(52-41)48(32-12-8-16-37(26-32)58-4)49-33(28-54)27-44(53-49)47(42-20-19-40(45)51-42)31-11-7-15-36(25-31)57-3/h5-28,51-52H,1-4H3. The molecule has 4 aromatic carbocycles. The highest BCUT2D eigenvalue weighted by Gasteiger charge is 2.23. The van der Waals surface area contributed by atoms with E-state index in [1.807, 2.05) is 127 Å². The van der Waals surface area contributed by atoms with E-state index in [0.717, 1.165) is 90.0 Å². The van der Waals surface area contributed by atoms with Gasteiger partial charge in [-0.25, -0.2) is 9.97 Å². The summed E-state index contributed by atoms with van der Waals surface area (Å²) in [6.45, 7) is 0. The lowest BCUT2D eigenvalue weighted by atomic mass is 10.00. The van der Waals surface area contributed by atoms with Crippen molar-refractivity contribution in [1.29, 1.82) is 0 Å². The molecule has 3 aromatic heterocycles. The van der Waals surface area contributed by atoms with Gasteiger partial charge in [-0.05, 0) is 113 Å². The van der Waals surface area contributed by atoms with Crippen molar-refractivity contribution in [2.45, 2.75) is 0 Å². The highest BCUT2D eigenvalue weighted by atomic mass is 16.5. The van der Waals surface area contributed by atoms with Crippen LogP contribution in [0.5, 0.6) is 23.0 Å². The van der Waals surface area contributed by atoms with E-state index in [9.17, 15) is 4.79 Å². The van der Waals surface area contributed by atoms with E-state index < -0.39 is 0 Å². The van der Waals surface area contributed by atoms with Crippen molar-refractivity contribution in [2.75, 3.05) is 28.4 Å². The van der Waals surface area contributed by atoms with E-state index in [1.165, 1.54) is 0 Å². The summed E-state index contributed by atoms with van der Waals surface area (Å²) in [7, 11) is 6.60. The van der Waals surface area contributed by atoms with Gasteiger partial charge >= 0.3 is 0 Å². The number of ether oxygens (including phenoxy) is 4. The van der Waals surface area contributed by atoms with Crippen LogP contribution in [-0.4, -0.2) is 54.7 Å². The number of methoxy groups -OCH3 is 4. The summed E-state index contributed by atoms with van der Waals surface area (Å²) in [6.07, 6.45) is 6.81. The summed E-state index contributed by atoms with van der Waals surface area (Å²) in [5.41, 5.74) is 13.0. The number of nitrogens with zero attached hydrogens (tertiary/aromatic N) is 2. The lowest BCUT2D eigenvalue weighted by Crippen LogP contribution is -1.92. The number of rotatable bonds is 9. The van der Waals surface area contributed by atoms with Crippen LogP contribution in [0, 0.1) is 0 Å². The van der Waals surface area contributed by atoms with Gasteiger partial charge in [-0.15, -0.1) is 0 Å². The number of nitrogens with one attached hydrogen (secondary N) is 2. The van der Waals surface area contributed by atoms with Crippen LogP contribution in [0.2, 0.25) is 0 Å². The molecule has 0 fully saturated rings. The lowest BCUT2D eigenvalue weighted by molar-refractivity contribution is -0.103. The second kappa shape index (κ2) is 15.1. The number of aromatic nitrogens is 4. The average Bonchev–Trinajstić information content (AvgIpc) is 4.11. The summed E-state index contributed by atoms with van der Waals surface area (Å²) in [6, 6.07) is 39.7. The van der Waals surface area contributed by atoms with Crippen LogP contribution < -0.4 is 18.9 Å². The van der Waals surface area contributed by atoms with E-state index in [1.54, 1.807) is 28.4 Å². The first-order valence-electron chi connectivity index (χ1n) is 18.7. The predicted octanol–water partition coefficient (Wildman–Crippen LogP) is 10.9. The van der Waals surface area contributed by atoms with Crippen molar-refractivity contribution in [3.05, 3.63) is 144 Å². The maximum atomic E-state index is 13.1. The van der Waals surface area contributed by atoms with Crippen LogP contribution in [-0.2, 0) is 4.79 Å². The Balaban J connectivity index is 1.50. The monoisotopic (exact) mass is 762 g/mol. The van der Waals surface area contributed by atoms with Crippen molar-refractivity contribution >= 4 is 52.2 Å². The summed E-state index contributed by atoms with van der Waals surface area (Å²) in [5, 5.41) is 0. The molecule has 0 amide bonds. The molecule has 2 aliphatic rings. The number of aromatic amines is 2. The number of aldehydes is 1. The van der Waals surface area contributed by atoms with E-state index in [4.69, 9.17) is 28.9 Å². The van der Waals surface area contributed by atoms with Gasteiger partial charge < -0.3 is 28.9 Å². The third kappa shape index (κ3) is 6.48. The van der Waals surface area contributed by atoms with Crippen LogP contribution in [0.15, 0.2) is 121 Å². The summed E-state index contributed by atoms with van der Waals surface area (Å²) in [5.74, 6) is 2.80. The number of allylic oxidation sites excluding steroid dienone is 1. The van der Waals surface area contributed by atoms with Gasteiger partial charge in [0.15, 0.2) is 6.29 Å². The molecule has 0 aliphatic carbocycles. The highest BCUT2D eigenvalue weighted by Crippen LogP contribution is 2.41. The normalized spacial score (nSPS) is 11.9. The smallest absolute Gasteiger partial charge is 0.152 e. The van der Waals surface area contributed by atoms with Gasteiger partial charge in [-0.2, -0.15) is 0 Å². The maximum Gasteiger partial charge on any atom is 0.152 e. The minimum absolute atomic E-state index is 0.433. The second-order valence-electron chi connectivity index (χ2n) is 13.8. The molecule has 0 unspecified atom stereocenters. The zero-order valence-electron chi connectivity index (χ0n) is 32.3. The molecule has 8 bridgehead atoms. The molecule has 0 radical (unpaired) electrons. The van der Waals surface area contributed by atoms with Crippen LogP contribution in [0.3, 0.4) is 0 Å². The van der Waals surface area contributed by atoms with Gasteiger partial charge in [-0.1, -0.05) is 48.5 Å². The Morgan fingerprint density at radius 1 is 0.448 bits per heavy atom. The molecule has 9 heteroatoms. The number of H-pyrrole nitrogens is 2. The molecule has 0 saturated heterocycles. The minimum Gasteiger partial charge on any atom is -0.497 e. The molecule has 0 atom stereocenters. The largest absolute Gasteiger partial charge is 0.497 e. The number of carbonyl (C=O) groups excluding carboxylic acids is 1. The molecule has 9 nitrogen and oxygen atoms in total. The second-order valence-corrected chi connectivity index (χ2v) is 13.8. The molecule has 58 heavy (non-hydrogen) atoms. The first-order valence-corrected chi connectivity index (χ1v) is 18.7. The first-order chi connectivity index (χ1) is 28.5. The summed E-state index contributed by atoms with van der Waals surface area (Å²) in [4.78, 5) is 31.3. The van der Waals surface area contributed by atoms with E-state index in [2.05, 4.69) is 22.1 Å². The Bertz CT molecular complexity index is 2990. The van der Waals surface area contributed by atoms with E-state index in [-0.39, 0.29) is 0 Å². The molecule has 2 N–H and O–H groups in total. The topological polar surface area (TPSA) is 111 Å². The molecular weight excluding hydrogens is 725 g/mol. The zero-order chi connectivity index (χ0) is 39.8. The number of hydrogen-bond acceptors (Lipinski definition) is 7. The fourth-order valence-corrected chi connectivity index (χ4v) is 7.72. The molecule has 9 rings (SSSR count). The van der Waals surface area contributed by atoms with Crippen molar-refractivity contribution in [2.24, 2.45) is 0 Å². The molecule has 284 valence electrons. The number of fused-ring (bicyclic) bond motifs is 8. The minimum atomic E-state index is 0.433. The molecule has 0 saturated carbocycles. The zero-order valence-corrected chi connectivity index (χ0v) is 32.3. The van der Waals surface area contributed by atoms with E-state index >= 15 is 0 Å². The molecular formula is C49H38N4O5. The van der Waals surface area contributed by atoms with Crippen molar-refractivity contribution in [3.63, 3.8) is 0 Å². The van der Waals surface area contributed by atoms with Gasteiger partial charge in [0.2, 0.25) is 0 Å². The Hall–Kier alpha value is -7.65. The fraction of sp³-hybridized carbons (Fsp3) is 0.0816. The third-order valence-electron chi connectivity index (χ3n) is 10.5. The average molecular weight is 763 g/mol. The van der Waals surface area contributed by atoms with Gasteiger partial charge in [-0.3, -0.25) is 4.79 Å². The Morgan fingerprint density at radius 2 is 0.810 bits per heavy atom. The van der Waals surface area contributed by atoms with E-state index in [0.29, 0.717) is 34.2 Å². The quantitative estimate of drug-likeness (QED) is 0.141. The lowest BCUT2D eigenvalue weighted by Gasteiger charge is -2.09. The summed E-state index contributed by atoms with van der Waals surface area (Å²) < 4.78 is 22.7. The molecule has 7 aromatic rings.